The maximum atomic E-state index is 13.2. The van der Waals surface area contributed by atoms with E-state index >= 15 is 0 Å². The number of nitrogens with one attached hydrogen (secondary N) is 1. The third kappa shape index (κ3) is 3.59. The molecule has 3 rings (SSSR count). The summed E-state index contributed by atoms with van der Waals surface area (Å²) in [5.74, 6) is -1.25. The molecule has 0 spiro atoms. The Morgan fingerprint density at radius 3 is 2.48 bits per heavy atom. The van der Waals surface area contributed by atoms with Gasteiger partial charge in [0.15, 0.2) is 11.6 Å². The number of halogens is 2. The van der Waals surface area contributed by atoms with E-state index in [2.05, 4.69) is 5.32 Å². The first kappa shape index (κ1) is 14.4. The van der Waals surface area contributed by atoms with Gasteiger partial charge in [-0.05, 0) is 56.3 Å². The Kier molecular flexibility index (Phi) is 4.19. The molecular formula is C16H20F2N2O. The molecule has 1 aliphatic heterocycles. The van der Waals surface area contributed by atoms with Crippen molar-refractivity contribution in [1.82, 2.24) is 10.2 Å². The third-order valence-corrected chi connectivity index (χ3v) is 4.34. The van der Waals surface area contributed by atoms with Gasteiger partial charge in [-0.25, -0.2) is 8.78 Å². The Morgan fingerprint density at radius 1 is 1.14 bits per heavy atom. The molecule has 1 N–H and O–H groups in total. The minimum Gasteiger partial charge on any atom is -0.339 e. The molecule has 0 bridgehead atoms. The minimum atomic E-state index is -0.971. The highest BCUT2D eigenvalue weighted by Gasteiger charge is 2.26. The van der Waals surface area contributed by atoms with Crippen molar-refractivity contribution in [2.75, 3.05) is 19.6 Å². The lowest BCUT2D eigenvalue weighted by molar-refractivity contribution is 0.0704. The molecular weight excluding hydrogens is 274 g/mol. The first-order valence-corrected chi connectivity index (χ1v) is 7.61. The van der Waals surface area contributed by atoms with Gasteiger partial charge >= 0.3 is 0 Å². The molecule has 114 valence electrons. The Balaban J connectivity index is 1.52. The molecule has 2 fully saturated rings. The van der Waals surface area contributed by atoms with Gasteiger partial charge in [-0.15, -0.1) is 0 Å². The number of amides is 1. The summed E-state index contributed by atoms with van der Waals surface area (Å²) in [5, 5.41) is 3.55. The average molecular weight is 294 g/mol. The summed E-state index contributed by atoms with van der Waals surface area (Å²) in [7, 11) is 0. The third-order valence-electron chi connectivity index (χ3n) is 4.34. The number of likely N-dealkylation sites (tertiary alicyclic amines) is 1. The van der Waals surface area contributed by atoms with Gasteiger partial charge < -0.3 is 10.2 Å². The molecule has 0 aromatic heterocycles. The predicted molar refractivity (Wildman–Crippen MR) is 76.0 cm³/mol. The fourth-order valence-corrected chi connectivity index (χ4v) is 2.75. The Labute approximate surface area is 123 Å². The number of carbonyl (C=O) groups excluding carboxylic acids is 1. The fourth-order valence-electron chi connectivity index (χ4n) is 2.75. The highest BCUT2D eigenvalue weighted by atomic mass is 19.2. The Morgan fingerprint density at radius 2 is 1.86 bits per heavy atom. The van der Waals surface area contributed by atoms with Crippen molar-refractivity contribution in [3.63, 3.8) is 0 Å². The number of hydrogen-bond acceptors (Lipinski definition) is 2. The number of hydrogen-bond donors (Lipinski definition) is 1. The predicted octanol–water partition coefficient (Wildman–Crippen LogP) is 2.57. The molecule has 1 amide bonds. The Bertz CT molecular complexity index is 523. The average Bonchev–Trinajstić information content (AvgIpc) is 3.32. The van der Waals surface area contributed by atoms with Crippen LogP contribution in [-0.4, -0.2) is 36.5 Å². The molecule has 1 aromatic rings. The summed E-state index contributed by atoms with van der Waals surface area (Å²) >= 11 is 0. The lowest BCUT2D eigenvalue weighted by atomic mass is 10.0. The first-order chi connectivity index (χ1) is 10.1. The summed E-state index contributed by atoms with van der Waals surface area (Å²) in [6.07, 6.45) is 4.51. The van der Waals surface area contributed by atoms with Crippen molar-refractivity contribution in [3.8, 4) is 0 Å². The molecule has 21 heavy (non-hydrogen) atoms. The summed E-state index contributed by atoms with van der Waals surface area (Å²) in [5.41, 5.74) is 0.221. The maximum absolute atomic E-state index is 13.2. The summed E-state index contributed by atoms with van der Waals surface area (Å²) in [4.78, 5) is 14.0. The molecule has 0 unspecified atom stereocenters. The molecule has 5 heteroatoms. The van der Waals surface area contributed by atoms with Crippen LogP contribution in [0.25, 0.3) is 0 Å². The highest BCUT2D eigenvalue weighted by molar-refractivity contribution is 5.94. The van der Waals surface area contributed by atoms with Gasteiger partial charge in [0, 0.05) is 24.7 Å². The molecule has 0 radical (unpaired) electrons. The second kappa shape index (κ2) is 6.10. The quantitative estimate of drug-likeness (QED) is 0.925. The van der Waals surface area contributed by atoms with Crippen LogP contribution in [0.1, 0.15) is 36.0 Å². The fraction of sp³-hybridized carbons (Fsp3) is 0.562. The molecule has 3 nitrogen and oxygen atoms in total. The number of nitrogens with zero attached hydrogens (tertiary/aromatic N) is 1. The topological polar surface area (TPSA) is 32.3 Å². The zero-order chi connectivity index (χ0) is 14.8. The van der Waals surface area contributed by atoms with Crippen LogP contribution >= 0.6 is 0 Å². The zero-order valence-corrected chi connectivity index (χ0v) is 11.9. The first-order valence-electron chi connectivity index (χ1n) is 7.61. The molecule has 2 aliphatic rings. The second-order valence-electron chi connectivity index (χ2n) is 6.05. The summed E-state index contributed by atoms with van der Waals surface area (Å²) < 4.78 is 26.1. The smallest absolute Gasteiger partial charge is 0.253 e. The van der Waals surface area contributed by atoms with E-state index in [1.807, 2.05) is 0 Å². The van der Waals surface area contributed by atoms with E-state index in [1.165, 1.54) is 18.9 Å². The van der Waals surface area contributed by atoms with Gasteiger partial charge in [-0.3, -0.25) is 4.79 Å². The standard InChI is InChI=1S/C16H20F2N2O/c17-14-4-3-12(9-15(14)18)16(21)20-7-5-13(6-8-20)19-10-11-1-2-11/h3-4,9,11,13,19H,1-2,5-8,10H2. The highest BCUT2D eigenvalue weighted by Crippen LogP contribution is 2.28. The molecule has 1 heterocycles. The van der Waals surface area contributed by atoms with E-state index in [1.54, 1.807) is 4.90 Å². The van der Waals surface area contributed by atoms with Crippen molar-refractivity contribution in [1.29, 1.82) is 0 Å². The monoisotopic (exact) mass is 294 g/mol. The summed E-state index contributed by atoms with van der Waals surface area (Å²) in [6.45, 7) is 2.42. The van der Waals surface area contributed by atoms with Crippen molar-refractivity contribution in [3.05, 3.63) is 35.4 Å². The second-order valence-corrected chi connectivity index (χ2v) is 6.05. The van der Waals surface area contributed by atoms with Gasteiger partial charge in [0.05, 0.1) is 0 Å². The van der Waals surface area contributed by atoms with Gasteiger partial charge in [-0.2, -0.15) is 0 Å². The van der Waals surface area contributed by atoms with Gasteiger partial charge in [-0.1, -0.05) is 0 Å². The normalized spacial score (nSPS) is 19.8. The SMILES string of the molecule is O=C(c1ccc(F)c(F)c1)N1CCC(NCC2CC2)CC1. The van der Waals surface area contributed by atoms with Crippen molar-refractivity contribution >= 4 is 5.91 Å². The number of benzene rings is 1. The van der Waals surface area contributed by atoms with E-state index in [-0.39, 0.29) is 11.5 Å². The maximum Gasteiger partial charge on any atom is 0.253 e. The number of piperidine rings is 1. The van der Waals surface area contributed by atoms with Crippen LogP contribution in [0.5, 0.6) is 0 Å². The van der Waals surface area contributed by atoms with Crippen LogP contribution in [0.15, 0.2) is 18.2 Å². The number of rotatable bonds is 4. The van der Waals surface area contributed by atoms with Crippen LogP contribution < -0.4 is 5.32 Å². The number of carbonyl (C=O) groups is 1. The minimum absolute atomic E-state index is 0.213. The lowest BCUT2D eigenvalue weighted by Crippen LogP contribution is -2.45. The van der Waals surface area contributed by atoms with E-state index in [4.69, 9.17) is 0 Å². The van der Waals surface area contributed by atoms with Crippen LogP contribution in [0.4, 0.5) is 8.78 Å². The van der Waals surface area contributed by atoms with Crippen molar-refractivity contribution in [2.45, 2.75) is 31.7 Å². The molecule has 0 atom stereocenters. The van der Waals surface area contributed by atoms with Crippen LogP contribution in [0.2, 0.25) is 0 Å². The molecule has 1 saturated heterocycles. The van der Waals surface area contributed by atoms with E-state index < -0.39 is 11.6 Å². The Hall–Kier alpha value is -1.49. The van der Waals surface area contributed by atoms with Crippen molar-refractivity contribution in [2.24, 2.45) is 5.92 Å². The van der Waals surface area contributed by atoms with Crippen molar-refractivity contribution < 1.29 is 13.6 Å². The van der Waals surface area contributed by atoms with Crippen LogP contribution in [0, 0.1) is 17.6 Å². The summed E-state index contributed by atoms with van der Waals surface area (Å²) in [6, 6.07) is 3.80. The molecule has 1 aromatic carbocycles. The van der Waals surface area contributed by atoms with Gasteiger partial charge in [0.2, 0.25) is 0 Å². The zero-order valence-electron chi connectivity index (χ0n) is 11.9. The van der Waals surface area contributed by atoms with E-state index in [0.29, 0.717) is 19.1 Å². The van der Waals surface area contributed by atoms with E-state index in [0.717, 1.165) is 37.4 Å². The van der Waals surface area contributed by atoms with Crippen LogP contribution in [0.3, 0.4) is 0 Å². The molecule has 1 aliphatic carbocycles. The van der Waals surface area contributed by atoms with Gasteiger partial charge in [0.25, 0.3) is 5.91 Å². The largest absolute Gasteiger partial charge is 0.339 e. The van der Waals surface area contributed by atoms with E-state index in [9.17, 15) is 13.6 Å². The molecule has 1 saturated carbocycles. The van der Waals surface area contributed by atoms with Crippen LogP contribution in [-0.2, 0) is 0 Å². The van der Waals surface area contributed by atoms with Gasteiger partial charge in [0.1, 0.15) is 0 Å². The lowest BCUT2D eigenvalue weighted by Gasteiger charge is -2.32.